The fourth-order valence-electron chi connectivity index (χ4n) is 1.68. The summed E-state index contributed by atoms with van der Waals surface area (Å²) in [7, 11) is -3.25. The maximum Gasteiger partial charge on any atom is 0.232 e. The summed E-state index contributed by atoms with van der Waals surface area (Å²) >= 11 is 0. The van der Waals surface area contributed by atoms with Crippen LogP contribution in [0.25, 0.3) is 0 Å². The first kappa shape index (κ1) is 13.1. The molecule has 5 heteroatoms. The Bertz CT molecular complexity index is 530. The van der Waals surface area contributed by atoms with Gasteiger partial charge in [0.1, 0.15) is 0 Å². The van der Waals surface area contributed by atoms with Gasteiger partial charge in [-0.3, -0.25) is 9.52 Å². The van der Waals surface area contributed by atoms with E-state index in [0.29, 0.717) is 23.6 Å². The van der Waals surface area contributed by atoms with E-state index in [9.17, 15) is 13.2 Å². The molecule has 0 aliphatic heterocycles. The molecular weight excluding hydrogens is 250 g/mol. The molecule has 0 amide bonds. The lowest BCUT2D eigenvalue weighted by molar-refractivity contribution is 0.0976. The van der Waals surface area contributed by atoms with Crippen molar-refractivity contribution in [1.29, 1.82) is 0 Å². The van der Waals surface area contributed by atoms with E-state index >= 15 is 0 Å². The zero-order valence-electron chi connectivity index (χ0n) is 10.3. The number of anilines is 1. The number of carbonyl (C=O) groups excluding carboxylic acids is 1. The third kappa shape index (κ3) is 3.57. The summed E-state index contributed by atoms with van der Waals surface area (Å²) < 4.78 is 25.2. The molecule has 0 saturated heterocycles. The molecule has 0 radical (unpaired) electrons. The molecule has 0 unspecified atom stereocenters. The second-order valence-corrected chi connectivity index (χ2v) is 6.66. The lowest BCUT2D eigenvalue weighted by Crippen LogP contribution is -2.14. The summed E-state index contributed by atoms with van der Waals surface area (Å²) in [5.74, 6) is 0.744. The summed E-state index contributed by atoms with van der Waals surface area (Å²) in [6.45, 7) is 1.58. The quantitative estimate of drug-likeness (QED) is 0.805. The topological polar surface area (TPSA) is 63.2 Å². The summed E-state index contributed by atoms with van der Waals surface area (Å²) in [6, 6.07) is 6.62. The Morgan fingerprint density at radius 2 is 1.89 bits per heavy atom. The highest BCUT2D eigenvalue weighted by molar-refractivity contribution is 7.92. The first-order valence-corrected chi connectivity index (χ1v) is 7.79. The number of nitrogens with one attached hydrogen (secondary N) is 1. The number of carbonyl (C=O) groups is 1. The van der Waals surface area contributed by atoms with Gasteiger partial charge in [-0.15, -0.1) is 0 Å². The van der Waals surface area contributed by atoms with Gasteiger partial charge >= 0.3 is 0 Å². The molecule has 0 heterocycles. The first-order valence-electron chi connectivity index (χ1n) is 6.14. The van der Waals surface area contributed by atoms with E-state index in [2.05, 4.69) is 4.72 Å². The zero-order valence-corrected chi connectivity index (χ0v) is 11.2. The number of ketones is 1. The minimum atomic E-state index is -3.25. The highest BCUT2D eigenvalue weighted by Gasteiger charge is 2.24. The summed E-state index contributed by atoms with van der Waals surface area (Å²) in [5.41, 5.74) is 1.15. The maximum absolute atomic E-state index is 11.8. The van der Waals surface area contributed by atoms with E-state index in [1.165, 1.54) is 0 Å². The Morgan fingerprint density at radius 3 is 2.39 bits per heavy atom. The van der Waals surface area contributed by atoms with Crippen LogP contribution in [0.5, 0.6) is 0 Å². The Balaban J connectivity index is 2.02. The van der Waals surface area contributed by atoms with Crippen LogP contribution < -0.4 is 4.72 Å². The molecule has 1 N–H and O–H groups in total. The van der Waals surface area contributed by atoms with E-state index in [1.54, 1.807) is 31.2 Å². The normalized spacial score (nSPS) is 15.4. The van der Waals surface area contributed by atoms with Crippen LogP contribution in [0, 0.1) is 5.92 Å². The van der Waals surface area contributed by atoms with E-state index < -0.39 is 10.0 Å². The molecule has 1 aliphatic rings. The van der Waals surface area contributed by atoms with Crippen molar-refractivity contribution in [2.24, 2.45) is 5.92 Å². The molecule has 1 aliphatic carbocycles. The molecule has 2 rings (SSSR count). The van der Waals surface area contributed by atoms with Gasteiger partial charge in [-0.25, -0.2) is 8.42 Å². The minimum absolute atomic E-state index is 0.0371. The van der Waals surface area contributed by atoms with Crippen LogP contribution in [0.15, 0.2) is 24.3 Å². The molecule has 0 aromatic heterocycles. The molecule has 18 heavy (non-hydrogen) atoms. The standard InChI is InChI=1S/C13H17NO3S/c1-2-18(16,17)14-12-7-5-11(6-8-12)13(15)9-10-3-4-10/h5-8,10,14H,2-4,9H2,1H3. The average Bonchev–Trinajstić information content (AvgIpc) is 3.13. The molecular formula is C13H17NO3S. The van der Waals surface area contributed by atoms with Gasteiger partial charge in [0.15, 0.2) is 5.78 Å². The number of Topliss-reactive ketones (excluding diaryl/α,β-unsaturated/α-hetero) is 1. The van der Waals surface area contributed by atoms with Gasteiger partial charge in [0.05, 0.1) is 5.75 Å². The third-order valence-electron chi connectivity index (χ3n) is 3.03. The van der Waals surface area contributed by atoms with Crippen LogP contribution in [-0.4, -0.2) is 20.0 Å². The first-order chi connectivity index (χ1) is 8.50. The van der Waals surface area contributed by atoms with E-state index in [1.807, 2.05) is 0 Å². The van der Waals surface area contributed by atoms with Crippen molar-refractivity contribution in [2.75, 3.05) is 10.5 Å². The second-order valence-electron chi connectivity index (χ2n) is 4.65. The maximum atomic E-state index is 11.8. The van der Waals surface area contributed by atoms with Crippen LogP contribution in [0.2, 0.25) is 0 Å². The predicted molar refractivity (Wildman–Crippen MR) is 71.2 cm³/mol. The highest BCUT2D eigenvalue weighted by atomic mass is 32.2. The Morgan fingerprint density at radius 1 is 1.28 bits per heavy atom. The third-order valence-corrected chi connectivity index (χ3v) is 4.34. The number of hydrogen-bond acceptors (Lipinski definition) is 3. The van der Waals surface area contributed by atoms with Gasteiger partial charge in [-0.2, -0.15) is 0 Å². The van der Waals surface area contributed by atoms with Crippen molar-refractivity contribution in [1.82, 2.24) is 0 Å². The predicted octanol–water partition coefficient (Wildman–Crippen LogP) is 2.43. The fraction of sp³-hybridized carbons (Fsp3) is 0.462. The lowest BCUT2D eigenvalue weighted by atomic mass is 10.1. The highest BCUT2D eigenvalue weighted by Crippen LogP contribution is 2.33. The average molecular weight is 267 g/mol. The van der Waals surface area contributed by atoms with Crippen LogP contribution in [-0.2, 0) is 10.0 Å². The van der Waals surface area contributed by atoms with Crippen LogP contribution in [0.4, 0.5) is 5.69 Å². The van der Waals surface area contributed by atoms with Crippen molar-refractivity contribution in [2.45, 2.75) is 26.2 Å². The zero-order chi connectivity index (χ0) is 13.2. The van der Waals surface area contributed by atoms with Gasteiger partial charge in [-0.1, -0.05) is 0 Å². The SMILES string of the molecule is CCS(=O)(=O)Nc1ccc(C(=O)CC2CC2)cc1. The Labute approximate surface area is 107 Å². The number of sulfonamides is 1. The van der Waals surface area contributed by atoms with Crippen LogP contribution >= 0.6 is 0 Å². The molecule has 4 nitrogen and oxygen atoms in total. The number of rotatable bonds is 6. The van der Waals surface area contributed by atoms with E-state index in [4.69, 9.17) is 0 Å². The Kier molecular flexibility index (Phi) is 3.71. The summed E-state index contributed by atoms with van der Waals surface area (Å²) in [5, 5.41) is 0. The van der Waals surface area contributed by atoms with Crippen LogP contribution in [0.1, 0.15) is 36.5 Å². The molecule has 0 spiro atoms. The van der Waals surface area contributed by atoms with Gasteiger partial charge in [0.2, 0.25) is 10.0 Å². The fourth-order valence-corrected chi connectivity index (χ4v) is 2.32. The van der Waals surface area contributed by atoms with Gasteiger partial charge < -0.3 is 0 Å². The number of benzene rings is 1. The summed E-state index contributed by atoms with van der Waals surface area (Å²) in [4.78, 5) is 11.8. The Hall–Kier alpha value is -1.36. The monoisotopic (exact) mass is 267 g/mol. The van der Waals surface area contributed by atoms with Crippen molar-refractivity contribution in [3.63, 3.8) is 0 Å². The largest absolute Gasteiger partial charge is 0.294 e. The second kappa shape index (κ2) is 5.10. The van der Waals surface area contributed by atoms with Crippen molar-refractivity contribution < 1.29 is 13.2 Å². The van der Waals surface area contributed by atoms with Crippen LogP contribution in [0.3, 0.4) is 0 Å². The van der Waals surface area contributed by atoms with Crippen molar-refractivity contribution >= 4 is 21.5 Å². The van der Waals surface area contributed by atoms with Crippen molar-refractivity contribution in [3.05, 3.63) is 29.8 Å². The lowest BCUT2D eigenvalue weighted by Gasteiger charge is -2.06. The molecule has 0 atom stereocenters. The molecule has 1 aromatic carbocycles. The number of hydrogen-bond donors (Lipinski definition) is 1. The molecule has 1 aromatic rings. The molecule has 98 valence electrons. The van der Waals surface area contributed by atoms with Gasteiger partial charge in [0.25, 0.3) is 0 Å². The van der Waals surface area contributed by atoms with E-state index in [0.717, 1.165) is 12.8 Å². The van der Waals surface area contributed by atoms with E-state index in [-0.39, 0.29) is 11.5 Å². The molecule has 1 fully saturated rings. The smallest absolute Gasteiger partial charge is 0.232 e. The molecule has 1 saturated carbocycles. The van der Waals surface area contributed by atoms with Crippen molar-refractivity contribution in [3.8, 4) is 0 Å². The van der Waals surface area contributed by atoms with Gasteiger partial charge in [-0.05, 0) is 49.9 Å². The molecule has 0 bridgehead atoms. The minimum Gasteiger partial charge on any atom is -0.294 e. The van der Waals surface area contributed by atoms with Gasteiger partial charge in [0, 0.05) is 17.7 Å². The summed E-state index contributed by atoms with van der Waals surface area (Å²) in [6.07, 6.45) is 2.92.